The molecular weight excluding hydrogens is 464 g/mol. The number of pyridine rings is 1. The molecule has 0 spiro atoms. The quantitative estimate of drug-likeness (QED) is 0.535. The first-order valence-electron chi connectivity index (χ1n) is 12.8. The van der Waals surface area contributed by atoms with Gasteiger partial charge in [-0.15, -0.1) is 0 Å². The van der Waals surface area contributed by atoms with Crippen LogP contribution in [0.4, 0.5) is 10.5 Å². The van der Waals surface area contributed by atoms with E-state index in [4.69, 9.17) is 9.72 Å². The lowest BCUT2D eigenvalue weighted by Crippen LogP contribution is -2.68. The third-order valence-corrected chi connectivity index (χ3v) is 7.25. The topological polar surface area (TPSA) is 77.9 Å². The lowest BCUT2D eigenvalue weighted by Gasteiger charge is -2.56. The molecular formula is C30H32N4O3. The Morgan fingerprint density at radius 1 is 1.03 bits per heavy atom. The standard InChI is InChI=1S/C30H32N4O3/c1-37-25-14-12-24(13-15-25)32-30(36)33-17-5-6-18-34-27(20-33)29(28(34)21-35)26-16-11-23(19-31-26)10-9-22-7-3-2-4-8-22/h2-4,7-8,11-16,19,27-29,35H,5-6,17-18,20-21H2,1H3,(H,32,36)/t27-,28+,29?/m0/s1. The number of methoxy groups -OCH3 is 1. The van der Waals surface area contributed by atoms with Crippen LogP contribution in [0.2, 0.25) is 0 Å². The highest BCUT2D eigenvalue weighted by atomic mass is 16.5. The van der Waals surface area contributed by atoms with Crippen molar-refractivity contribution in [3.05, 3.63) is 89.7 Å². The van der Waals surface area contributed by atoms with Crippen LogP contribution < -0.4 is 10.1 Å². The Morgan fingerprint density at radius 2 is 1.78 bits per heavy atom. The fourth-order valence-corrected chi connectivity index (χ4v) is 5.29. The third-order valence-electron chi connectivity index (χ3n) is 7.25. The highest BCUT2D eigenvalue weighted by molar-refractivity contribution is 5.89. The molecule has 1 aromatic heterocycles. The zero-order valence-electron chi connectivity index (χ0n) is 21.0. The Balaban J connectivity index is 1.30. The Bertz CT molecular complexity index is 1250. The summed E-state index contributed by atoms with van der Waals surface area (Å²) in [7, 11) is 1.62. The number of fused-ring (bicyclic) bond motifs is 1. The van der Waals surface area contributed by atoms with E-state index in [0.29, 0.717) is 13.1 Å². The van der Waals surface area contributed by atoms with Crippen LogP contribution >= 0.6 is 0 Å². The average molecular weight is 497 g/mol. The van der Waals surface area contributed by atoms with Gasteiger partial charge in [-0.2, -0.15) is 0 Å². The zero-order chi connectivity index (χ0) is 25.6. The first kappa shape index (κ1) is 24.8. The number of nitrogens with zero attached hydrogens (tertiary/aromatic N) is 3. The van der Waals surface area contributed by atoms with Crippen LogP contribution in [-0.2, 0) is 0 Å². The summed E-state index contributed by atoms with van der Waals surface area (Å²) in [5, 5.41) is 13.2. The van der Waals surface area contributed by atoms with Crippen LogP contribution in [0.5, 0.6) is 5.75 Å². The van der Waals surface area contributed by atoms with E-state index in [1.165, 1.54) is 0 Å². The van der Waals surface area contributed by atoms with E-state index < -0.39 is 0 Å². The van der Waals surface area contributed by atoms with E-state index in [1.807, 2.05) is 71.6 Å². The largest absolute Gasteiger partial charge is 0.497 e. The Morgan fingerprint density at radius 3 is 2.49 bits per heavy atom. The molecule has 0 bridgehead atoms. The Labute approximate surface area is 218 Å². The van der Waals surface area contributed by atoms with Gasteiger partial charge in [0.2, 0.25) is 0 Å². The van der Waals surface area contributed by atoms with Crippen molar-refractivity contribution in [2.45, 2.75) is 30.8 Å². The second-order valence-electron chi connectivity index (χ2n) is 9.48. The lowest BCUT2D eigenvalue weighted by molar-refractivity contribution is -0.0599. The van der Waals surface area contributed by atoms with Crippen LogP contribution in [-0.4, -0.2) is 71.4 Å². The van der Waals surface area contributed by atoms with Crippen molar-refractivity contribution in [1.29, 1.82) is 0 Å². The molecule has 0 aliphatic carbocycles. The molecule has 2 aliphatic heterocycles. The van der Waals surface area contributed by atoms with E-state index >= 15 is 0 Å². The van der Waals surface area contributed by atoms with E-state index in [1.54, 1.807) is 13.3 Å². The molecule has 0 saturated carbocycles. The maximum Gasteiger partial charge on any atom is 0.321 e. The van der Waals surface area contributed by atoms with Gasteiger partial charge in [0.15, 0.2) is 0 Å². The van der Waals surface area contributed by atoms with Crippen LogP contribution in [0.3, 0.4) is 0 Å². The van der Waals surface area contributed by atoms with Crippen molar-refractivity contribution in [2.75, 3.05) is 38.7 Å². The highest BCUT2D eigenvalue weighted by Crippen LogP contribution is 2.41. The summed E-state index contributed by atoms with van der Waals surface area (Å²) in [6.07, 6.45) is 3.71. The normalized spacial score (nSPS) is 21.4. The number of carbonyl (C=O) groups excluding carboxylic acids is 1. The number of aliphatic hydroxyl groups is 1. The summed E-state index contributed by atoms with van der Waals surface area (Å²) >= 11 is 0. The molecule has 2 amide bonds. The molecule has 5 rings (SSSR count). The summed E-state index contributed by atoms with van der Waals surface area (Å²) in [5.41, 5.74) is 3.48. The molecule has 190 valence electrons. The van der Waals surface area contributed by atoms with Gasteiger partial charge in [0.1, 0.15) is 5.75 Å². The van der Waals surface area contributed by atoms with Gasteiger partial charge in [-0.05, 0) is 67.9 Å². The first-order chi connectivity index (χ1) is 18.2. The van der Waals surface area contributed by atoms with Crippen LogP contribution in [0.1, 0.15) is 35.6 Å². The minimum Gasteiger partial charge on any atom is -0.497 e. The van der Waals surface area contributed by atoms with Gasteiger partial charge in [-0.3, -0.25) is 9.88 Å². The number of benzene rings is 2. The van der Waals surface area contributed by atoms with Crippen molar-refractivity contribution < 1.29 is 14.6 Å². The summed E-state index contributed by atoms with van der Waals surface area (Å²) in [6, 6.07) is 21.2. The Kier molecular flexibility index (Phi) is 7.69. The van der Waals surface area contributed by atoms with Gasteiger partial charge in [0.25, 0.3) is 0 Å². The molecule has 37 heavy (non-hydrogen) atoms. The van der Waals surface area contributed by atoms with E-state index in [2.05, 4.69) is 22.1 Å². The summed E-state index contributed by atoms with van der Waals surface area (Å²) in [4.78, 5) is 22.1. The van der Waals surface area contributed by atoms with Gasteiger partial charge in [-0.25, -0.2) is 4.79 Å². The van der Waals surface area contributed by atoms with E-state index in [9.17, 15) is 9.90 Å². The molecule has 0 radical (unpaired) electrons. The van der Waals surface area contributed by atoms with Crippen molar-refractivity contribution in [1.82, 2.24) is 14.8 Å². The summed E-state index contributed by atoms with van der Waals surface area (Å²) in [5.74, 6) is 7.14. The van der Waals surface area contributed by atoms with Gasteiger partial charge in [0.05, 0.1) is 13.7 Å². The van der Waals surface area contributed by atoms with Crippen molar-refractivity contribution in [2.24, 2.45) is 0 Å². The molecule has 2 aromatic carbocycles. The molecule has 3 atom stereocenters. The number of urea groups is 1. The molecule has 2 aliphatic rings. The van der Waals surface area contributed by atoms with Gasteiger partial charge < -0.3 is 20.1 Å². The number of hydrogen-bond acceptors (Lipinski definition) is 5. The van der Waals surface area contributed by atoms with Gasteiger partial charge in [-0.1, -0.05) is 30.0 Å². The summed E-state index contributed by atoms with van der Waals surface area (Å²) < 4.78 is 5.21. The van der Waals surface area contributed by atoms with E-state index in [0.717, 1.165) is 47.6 Å². The zero-order valence-corrected chi connectivity index (χ0v) is 21.0. The number of amides is 2. The smallest absolute Gasteiger partial charge is 0.321 e. The SMILES string of the molecule is COc1ccc(NC(=O)N2CCCCN3[C@H](CO)C(c4ccc(C#Cc5ccccc5)cn4)[C@@H]3C2)cc1. The summed E-state index contributed by atoms with van der Waals surface area (Å²) in [6.45, 7) is 2.27. The number of carbonyl (C=O) groups is 1. The average Bonchev–Trinajstić information content (AvgIpc) is 2.92. The molecule has 3 aromatic rings. The van der Waals surface area contributed by atoms with Crippen molar-refractivity contribution >= 4 is 11.7 Å². The Hall–Kier alpha value is -3.86. The van der Waals surface area contributed by atoms with E-state index in [-0.39, 0.29) is 30.6 Å². The van der Waals surface area contributed by atoms with Gasteiger partial charge >= 0.3 is 6.03 Å². The van der Waals surface area contributed by atoms with Crippen molar-refractivity contribution in [3.63, 3.8) is 0 Å². The fraction of sp³-hybridized carbons (Fsp3) is 0.333. The number of hydrogen-bond donors (Lipinski definition) is 2. The number of ether oxygens (including phenoxy) is 1. The predicted molar refractivity (Wildman–Crippen MR) is 144 cm³/mol. The minimum atomic E-state index is -0.113. The molecule has 2 saturated heterocycles. The number of aliphatic hydroxyl groups excluding tert-OH is 1. The lowest BCUT2D eigenvalue weighted by atomic mass is 9.76. The van der Waals surface area contributed by atoms with Crippen LogP contribution in [0.25, 0.3) is 0 Å². The number of nitrogens with one attached hydrogen (secondary N) is 1. The van der Waals surface area contributed by atoms with Crippen molar-refractivity contribution in [3.8, 4) is 17.6 Å². The number of anilines is 1. The predicted octanol–water partition coefficient (Wildman–Crippen LogP) is 3.95. The maximum atomic E-state index is 13.2. The van der Waals surface area contributed by atoms with Gasteiger partial charge in [0, 0.05) is 59.8 Å². The molecule has 2 fully saturated rings. The molecule has 3 heterocycles. The minimum absolute atomic E-state index is 0.00310. The molecule has 7 heteroatoms. The highest BCUT2D eigenvalue weighted by Gasteiger charge is 2.50. The third kappa shape index (κ3) is 5.61. The first-order valence-corrected chi connectivity index (χ1v) is 12.8. The monoisotopic (exact) mass is 496 g/mol. The second-order valence-corrected chi connectivity index (χ2v) is 9.48. The number of aromatic nitrogens is 1. The second kappa shape index (κ2) is 11.5. The molecule has 7 nitrogen and oxygen atoms in total. The van der Waals surface area contributed by atoms with Crippen LogP contribution in [0, 0.1) is 11.8 Å². The maximum absolute atomic E-state index is 13.2. The van der Waals surface area contributed by atoms with Crippen LogP contribution in [0.15, 0.2) is 72.9 Å². The molecule has 1 unspecified atom stereocenters. The number of rotatable bonds is 4. The molecule has 2 N–H and O–H groups in total. The fourth-order valence-electron chi connectivity index (χ4n) is 5.29.